The third kappa shape index (κ3) is 2.41. The van der Waals surface area contributed by atoms with E-state index < -0.39 is 0 Å². The first-order valence-electron chi connectivity index (χ1n) is 5.83. The summed E-state index contributed by atoms with van der Waals surface area (Å²) >= 11 is 4.94. The van der Waals surface area contributed by atoms with Gasteiger partial charge in [0.05, 0.1) is 5.56 Å². The summed E-state index contributed by atoms with van der Waals surface area (Å²) in [6.45, 7) is 2.16. The molecule has 1 aromatic carbocycles. The van der Waals surface area contributed by atoms with Crippen LogP contribution < -0.4 is 10.6 Å². The molecule has 1 unspecified atom stereocenters. The van der Waals surface area contributed by atoms with Crippen LogP contribution in [0.5, 0.6) is 0 Å². The summed E-state index contributed by atoms with van der Waals surface area (Å²) in [7, 11) is 1.97. The van der Waals surface area contributed by atoms with Gasteiger partial charge >= 0.3 is 0 Å². The monoisotopic (exact) mass is 252 g/mol. The van der Waals surface area contributed by atoms with Gasteiger partial charge in [-0.3, -0.25) is 0 Å². The van der Waals surface area contributed by atoms with Crippen LogP contribution in [-0.4, -0.2) is 18.1 Å². The van der Waals surface area contributed by atoms with E-state index in [0.717, 1.165) is 5.69 Å². The van der Waals surface area contributed by atoms with E-state index in [1.54, 1.807) is 6.07 Å². The molecule has 0 spiro atoms. The van der Waals surface area contributed by atoms with Crippen molar-refractivity contribution < 1.29 is 4.39 Å². The highest BCUT2D eigenvalue weighted by Gasteiger charge is 2.31. The zero-order chi connectivity index (χ0) is 12.6. The molecular weight excluding hydrogens is 235 g/mol. The average Bonchev–Trinajstić information content (AvgIpc) is 3.10. The molecule has 1 aliphatic rings. The molecular formula is C13H17FN2S. The molecule has 0 bridgehead atoms. The fourth-order valence-electron chi connectivity index (χ4n) is 2.16. The average molecular weight is 252 g/mol. The number of nitrogens with two attached hydrogens (primary N) is 1. The smallest absolute Gasteiger partial charge is 0.135 e. The van der Waals surface area contributed by atoms with E-state index in [1.165, 1.54) is 18.9 Å². The maximum atomic E-state index is 13.7. The van der Waals surface area contributed by atoms with Gasteiger partial charge in [-0.05, 0) is 37.8 Å². The Hall–Kier alpha value is -1.16. The van der Waals surface area contributed by atoms with Gasteiger partial charge in [-0.15, -0.1) is 0 Å². The molecule has 2 rings (SSSR count). The van der Waals surface area contributed by atoms with Crippen LogP contribution in [0.4, 0.5) is 10.1 Å². The Morgan fingerprint density at radius 3 is 2.71 bits per heavy atom. The maximum absolute atomic E-state index is 13.7. The van der Waals surface area contributed by atoms with Gasteiger partial charge in [-0.2, -0.15) is 0 Å². The summed E-state index contributed by atoms with van der Waals surface area (Å²) in [6, 6.07) is 5.36. The maximum Gasteiger partial charge on any atom is 0.135 e. The topological polar surface area (TPSA) is 29.3 Å². The highest BCUT2D eigenvalue weighted by atomic mass is 32.1. The molecule has 4 heteroatoms. The van der Waals surface area contributed by atoms with Gasteiger partial charge in [0.2, 0.25) is 0 Å². The normalized spacial score (nSPS) is 16.6. The number of hydrogen-bond donors (Lipinski definition) is 1. The third-order valence-electron chi connectivity index (χ3n) is 3.53. The van der Waals surface area contributed by atoms with Crippen molar-refractivity contribution in [1.82, 2.24) is 0 Å². The van der Waals surface area contributed by atoms with Crippen molar-refractivity contribution in [2.24, 2.45) is 11.7 Å². The number of hydrogen-bond acceptors (Lipinski definition) is 2. The summed E-state index contributed by atoms with van der Waals surface area (Å²) in [6.07, 6.45) is 2.51. The summed E-state index contributed by atoms with van der Waals surface area (Å²) in [5.41, 5.74) is 6.76. The van der Waals surface area contributed by atoms with Crippen molar-refractivity contribution in [3.05, 3.63) is 29.6 Å². The molecule has 2 N–H and O–H groups in total. The van der Waals surface area contributed by atoms with Crippen LogP contribution in [-0.2, 0) is 0 Å². The summed E-state index contributed by atoms with van der Waals surface area (Å²) in [4.78, 5) is 2.20. The standard InChI is InChI=1S/C13H17FN2S/c1-8(9-6-7-9)16(2)11-5-3-4-10(14)12(11)13(15)17/h3-5,8-9H,6-7H2,1-2H3,(H2,15,17). The molecule has 0 aliphatic heterocycles. The third-order valence-corrected chi connectivity index (χ3v) is 3.74. The second-order valence-corrected chi connectivity index (χ2v) is 5.13. The molecule has 2 nitrogen and oxygen atoms in total. The number of nitrogens with zero attached hydrogens (tertiary/aromatic N) is 1. The molecule has 1 fully saturated rings. The SMILES string of the molecule is CC(C1CC1)N(C)c1cccc(F)c1C(N)=S. The molecule has 1 atom stereocenters. The van der Waals surface area contributed by atoms with Gasteiger partial charge in [0.25, 0.3) is 0 Å². The predicted molar refractivity (Wildman–Crippen MR) is 72.9 cm³/mol. The lowest BCUT2D eigenvalue weighted by molar-refractivity contribution is 0.599. The number of rotatable bonds is 4. The first-order chi connectivity index (χ1) is 8.02. The summed E-state index contributed by atoms with van der Waals surface area (Å²) in [5.74, 6) is 0.368. The second kappa shape index (κ2) is 4.61. The van der Waals surface area contributed by atoms with E-state index in [2.05, 4.69) is 11.8 Å². The van der Waals surface area contributed by atoms with Crippen molar-refractivity contribution in [2.75, 3.05) is 11.9 Å². The number of anilines is 1. The van der Waals surface area contributed by atoms with Crippen molar-refractivity contribution in [3.63, 3.8) is 0 Å². The minimum absolute atomic E-state index is 0.118. The van der Waals surface area contributed by atoms with Gasteiger partial charge in [-0.25, -0.2) is 4.39 Å². The minimum atomic E-state index is -0.343. The van der Waals surface area contributed by atoms with E-state index in [1.807, 2.05) is 13.1 Å². The van der Waals surface area contributed by atoms with Gasteiger partial charge in [0, 0.05) is 18.8 Å². The lowest BCUT2D eigenvalue weighted by Crippen LogP contribution is -2.32. The highest BCUT2D eigenvalue weighted by Crippen LogP contribution is 2.37. The van der Waals surface area contributed by atoms with Crippen LogP contribution in [0, 0.1) is 11.7 Å². The fourth-order valence-corrected chi connectivity index (χ4v) is 2.37. The summed E-state index contributed by atoms with van der Waals surface area (Å²) < 4.78 is 13.7. The van der Waals surface area contributed by atoms with Gasteiger partial charge in [-0.1, -0.05) is 18.3 Å². The lowest BCUT2D eigenvalue weighted by Gasteiger charge is -2.29. The number of thiocarbonyl (C=S) groups is 1. The molecule has 17 heavy (non-hydrogen) atoms. The lowest BCUT2D eigenvalue weighted by atomic mass is 10.1. The molecule has 1 aliphatic carbocycles. The second-order valence-electron chi connectivity index (χ2n) is 4.69. The largest absolute Gasteiger partial charge is 0.389 e. The molecule has 0 heterocycles. The number of benzene rings is 1. The van der Waals surface area contributed by atoms with Crippen molar-refractivity contribution >= 4 is 22.9 Å². The van der Waals surface area contributed by atoms with Crippen LogP contribution in [0.15, 0.2) is 18.2 Å². The molecule has 0 radical (unpaired) electrons. The quantitative estimate of drug-likeness (QED) is 0.835. The minimum Gasteiger partial charge on any atom is -0.389 e. The predicted octanol–water partition coefficient (Wildman–Crippen LogP) is 2.69. The van der Waals surface area contributed by atoms with Crippen LogP contribution >= 0.6 is 12.2 Å². The van der Waals surface area contributed by atoms with E-state index in [4.69, 9.17) is 18.0 Å². The van der Waals surface area contributed by atoms with Gasteiger partial charge in [0.15, 0.2) is 0 Å². The van der Waals surface area contributed by atoms with E-state index >= 15 is 0 Å². The van der Waals surface area contributed by atoms with Crippen molar-refractivity contribution in [1.29, 1.82) is 0 Å². The Balaban J connectivity index is 2.36. The molecule has 0 saturated heterocycles. The summed E-state index contributed by atoms with van der Waals surface area (Å²) in [5, 5.41) is 0. The highest BCUT2D eigenvalue weighted by molar-refractivity contribution is 7.80. The van der Waals surface area contributed by atoms with Crippen LogP contribution in [0.3, 0.4) is 0 Å². The van der Waals surface area contributed by atoms with Crippen molar-refractivity contribution in [2.45, 2.75) is 25.8 Å². The van der Waals surface area contributed by atoms with Crippen LogP contribution in [0.25, 0.3) is 0 Å². The zero-order valence-electron chi connectivity index (χ0n) is 10.1. The number of halogens is 1. The van der Waals surface area contributed by atoms with Crippen LogP contribution in [0.1, 0.15) is 25.3 Å². The molecule has 92 valence electrons. The first-order valence-corrected chi connectivity index (χ1v) is 6.24. The van der Waals surface area contributed by atoms with Crippen LogP contribution in [0.2, 0.25) is 0 Å². The van der Waals surface area contributed by atoms with Gasteiger partial charge in [0.1, 0.15) is 10.8 Å². The zero-order valence-corrected chi connectivity index (χ0v) is 10.9. The van der Waals surface area contributed by atoms with Crippen molar-refractivity contribution in [3.8, 4) is 0 Å². The Bertz CT molecular complexity index is 443. The Labute approximate surface area is 107 Å². The van der Waals surface area contributed by atoms with E-state index in [-0.39, 0.29) is 10.8 Å². The Kier molecular flexibility index (Phi) is 3.33. The van der Waals surface area contributed by atoms with E-state index in [9.17, 15) is 4.39 Å². The Morgan fingerprint density at radius 1 is 1.53 bits per heavy atom. The van der Waals surface area contributed by atoms with Gasteiger partial charge < -0.3 is 10.6 Å². The first kappa shape index (κ1) is 12.3. The molecule has 0 aromatic heterocycles. The fraction of sp³-hybridized carbons (Fsp3) is 0.462. The Morgan fingerprint density at radius 2 is 2.18 bits per heavy atom. The van der Waals surface area contributed by atoms with E-state index in [0.29, 0.717) is 17.5 Å². The molecule has 1 saturated carbocycles. The molecule has 0 amide bonds. The molecule has 1 aromatic rings.